The van der Waals surface area contributed by atoms with Crippen molar-refractivity contribution in [3.05, 3.63) is 71.8 Å². The van der Waals surface area contributed by atoms with Crippen LogP contribution in [0.1, 0.15) is 51.2 Å². The number of fused-ring (bicyclic) bond motifs is 1. The van der Waals surface area contributed by atoms with Gasteiger partial charge in [-0.05, 0) is 54.4 Å². The lowest BCUT2D eigenvalue weighted by Crippen LogP contribution is -2.47. The molecular formula is C28H40O3Si. The summed E-state index contributed by atoms with van der Waals surface area (Å²) in [5.41, 5.74) is 2.44. The molecule has 0 aromatic heterocycles. The summed E-state index contributed by atoms with van der Waals surface area (Å²) >= 11 is 0. The molecule has 0 amide bonds. The van der Waals surface area contributed by atoms with E-state index < -0.39 is 8.32 Å². The molecule has 3 nitrogen and oxygen atoms in total. The fourth-order valence-electron chi connectivity index (χ4n) is 5.12. The molecule has 0 radical (unpaired) electrons. The Morgan fingerprint density at radius 2 is 1.34 bits per heavy atom. The lowest BCUT2D eigenvalue weighted by atomic mass is 9.97. The van der Waals surface area contributed by atoms with Gasteiger partial charge in [0.15, 0.2) is 8.32 Å². The molecule has 0 heterocycles. The molecule has 0 unspecified atom stereocenters. The van der Waals surface area contributed by atoms with Gasteiger partial charge in [-0.25, -0.2) is 0 Å². The Bertz CT molecular complexity index is 846. The number of rotatable bonds is 8. The van der Waals surface area contributed by atoms with Crippen LogP contribution in [0.15, 0.2) is 60.7 Å². The first kappa shape index (κ1) is 23.7. The third-order valence-electron chi connectivity index (χ3n) is 7.92. The molecule has 4 heteroatoms. The van der Waals surface area contributed by atoms with Crippen molar-refractivity contribution in [2.24, 2.45) is 11.8 Å². The summed E-state index contributed by atoms with van der Waals surface area (Å²) in [4.78, 5) is 0. The topological polar surface area (TPSA) is 27.7 Å². The third kappa shape index (κ3) is 5.36. The third-order valence-corrected chi connectivity index (χ3v) is 12.4. The predicted molar refractivity (Wildman–Crippen MR) is 133 cm³/mol. The van der Waals surface area contributed by atoms with Crippen LogP contribution in [0.2, 0.25) is 18.1 Å². The first-order valence-corrected chi connectivity index (χ1v) is 15.1. The van der Waals surface area contributed by atoms with Crippen molar-refractivity contribution in [1.82, 2.24) is 0 Å². The van der Waals surface area contributed by atoms with Crippen LogP contribution in [0.5, 0.6) is 0 Å². The van der Waals surface area contributed by atoms with E-state index in [9.17, 15) is 0 Å². The molecule has 0 spiro atoms. The van der Waals surface area contributed by atoms with Crippen LogP contribution < -0.4 is 0 Å². The Balaban J connectivity index is 1.50. The van der Waals surface area contributed by atoms with E-state index in [-0.39, 0.29) is 23.4 Å². The van der Waals surface area contributed by atoms with E-state index in [0.29, 0.717) is 25.0 Å². The highest BCUT2D eigenvalue weighted by molar-refractivity contribution is 6.74. The molecule has 2 aromatic rings. The SMILES string of the molecule is CC(C)(C)[Si](C)(C)O[C@@H]1CC[C@@H]2C[C@@H](OCc3ccccc3)[C@@H](OCc3ccccc3)[C@@H]21. The normalized spacial score (nSPS) is 28.1. The van der Waals surface area contributed by atoms with Gasteiger partial charge in [0.1, 0.15) is 0 Å². The van der Waals surface area contributed by atoms with Crippen molar-refractivity contribution < 1.29 is 13.9 Å². The van der Waals surface area contributed by atoms with E-state index in [2.05, 4.69) is 94.5 Å². The Labute approximate surface area is 195 Å². The maximum absolute atomic E-state index is 6.97. The Hall–Kier alpha value is -1.46. The molecule has 174 valence electrons. The summed E-state index contributed by atoms with van der Waals surface area (Å²) in [6.45, 7) is 13.0. The van der Waals surface area contributed by atoms with Crippen LogP contribution in [0, 0.1) is 11.8 Å². The summed E-state index contributed by atoms with van der Waals surface area (Å²) in [7, 11) is -1.84. The number of hydrogen-bond acceptors (Lipinski definition) is 3. The van der Waals surface area contributed by atoms with E-state index in [1.54, 1.807) is 0 Å². The molecule has 4 rings (SSSR count). The smallest absolute Gasteiger partial charge is 0.192 e. The molecule has 2 fully saturated rings. The molecule has 0 aliphatic heterocycles. The number of benzene rings is 2. The first-order chi connectivity index (χ1) is 15.2. The van der Waals surface area contributed by atoms with E-state index >= 15 is 0 Å². The minimum Gasteiger partial charge on any atom is -0.414 e. The fraction of sp³-hybridized carbons (Fsp3) is 0.571. The van der Waals surface area contributed by atoms with E-state index in [1.807, 2.05) is 0 Å². The zero-order chi connectivity index (χ0) is 22.8. The minimum atomic E-state index is -1.84. The van der Waals surface area contributed by atoms with Crippen molar-refractivity contribution >= 4 is 8.32 Å². The maximum atomic E-state index is 6.97. The van der Waals surface area contributed by atoms with Crippen LogP contribution in [-0.2, 0) is 27.1 Å². The molecule has 0 N–H and O–H groups in total. The van der Waals surface area contributed by atoms with Gasteiger partial charge < -0.3 is 13.9 Å². The molecule has 2 aromatic carbocycles. The van der Waals surface area contributed by atoms with Gasteiger partial charge in [-0.1, -0.05) is 81.4 Å². The maximum Gasteiger partial charge on any atom is 0.192 e. The zero-order valence-electron chi connectivity index (χ0n) is 20.4. The standard InChI is InChI=1S/C28H40O3Si/c1-28(2,3)32(4,5)31-24-17-16-23-18-25(29-19-21-12-8-6-9-13-21)27(26(23)24)30-20-22-14-10-7-11-15-22/h6-15,23-27H,16-20H2,1-5H3/t23-,24-,25-,26+,27-/m1/s1. The fourth-order valence-corrected chi connectivity index (χ4v) is 6.51. The quantitative estimate of drug-likeness (QED) is 0.404. The van der Waals surface area contributed by atoms with Gasteiger partial charge in [-0.3, -0.25) is 0 Å². The largest absolute Gasteiger partial charge is 0.414 e. The molecule has 32 heavy (non-hydrogen) atoms. The van der Waals surface area contributed by atoms with Gasteiger partial charge in [-0.2, -0.15) is 0 Å². The van der Waals surface area contributed by atoms with E-state index in [0.717, 1.165) is 12.8 Å². The molecule has 2 aliphatic carbocycles. The summed E-state index contributed by atoms with van der Waals surface area (Å²) < 4.78 is 20.1. The molecule has 5 atom stereocenters. The second kappa shape index (κ2) is 9.80. The van der Waals surface area contributed by atoms with Crippen molar-refractivity contribution in [2.75, 3.05) is 0 Å². The molecule has 2 saturated carbocycles. The monoisotopic (exact) mass is 452 g/mol. The van der Waals surface area contributed by atoms with Gasteiger partial charge in [0.05, 0.1) is 31.5 Å². The van der Waals surface area contributed by atoms with E-state index in [1.165, 1.54) is 17.5 Å². The van der Waals surface area contributed by atoms with Gasteiger partial charge in [0, 0.05) is 5.92 Å². The summed E-state index contributed by atoms with van der Waals surface area (Å²) in [5, 5.41) is 0.216. The lowest BCUT2D eigenvalue weighted by Gasteiger charge is -2.41. The average molecular weight is 453 g/mol. The van der Waals surface area contributed by atoms with Crippen LogP contribution in [0.3, 0.4) is 0 Å². The first-order valence-electron chi connectivity index (χ1n) is 12.2. The zero-order valence-corrected chi connectivity index (χ0v) is 21.4. The van der Waals surface area contributed by atoms with Crippen molar-refractivity contribution in [2.45, 2.75) is 89.7 Å². The number of hydrogen-bond donors (Lipinski definition) is 0. The molecule has 0 saturated heterocycles. The van der Waals surface area contributed by atoms with Crippen molar-refractivity contribution in [3.8, 4) is 0 Å². The summed E-state index contributed by atoms with van der Waals surface area (Å²) in [5.74, 6) is 1.06. The van der Waals surface area contributed by atoms with Crippen LogP contribution >= 0.6 is 0 Å². The van der Waals surface area contributed by atoms with Crippen LogP contribution in [0.25, 0.3) is 0 Å². The summed E-state index contributed by atoms with van der Waals surface area (Å²) in [6, 6.07) is 21.0. The molecule has 0 bridgehead atoms. The Kier molecular flexibility index (Phi) is 7.26. The number of ether oxygens (including phenoxy) is 2. The predicted octanol–water partition coefficient (Wildman–Crippen LogP) is 6.98. The van der Waals surface area contributed by atoms with Crippen molar-refractivity contribution in [1.29, 1.82) is 0 Å². The molecular weight excluding hydrogens is 412 g/mol. The van der Waals surface area contributed by atoms with E-state index in [4.69, 9.17) is 13.9 Å². The van der Waals surface area contributed by atoms with Crippen LogP contribution in [0.4, 0.5) is 0 Å². The lowest BCUT2D eigenvalue weighted by molar-refractivity contribution is -0.0977. The van der Waals surface area contributed by atoms with Gasteiger partial charge in [-0.15, -0.1) is 0 Å². The Morgan fingerprint density at radius 1 is 0.781 bits per heavy atom. The second-order valence-corrected chi connectivity index (χ2v) is 15.9. The van der Waals surface area contributed by atoms with Gasteiger partial charge >= 0.3 is 0 Å². The highest BCUT2D eigenvalue weighted by Crippen LogP contribution is 2.50. The second-order valence-electron chi connectivity index (χ2n) is 11.2. The Morgan fingerprint density at radius 3 is 1.91 bits per heavy atom. The average Bonchev–Trinajstić information content (AvgIpc) is 3.30. The van der Waals surface area contributed by atoms with Gasteiger partial charge in [0.25, 0.3) is 0 Å². The highest BCUT2D eigenvalue weighted by atomic mass is 28.4. The summed E-state index contributed by atoms with van der Waals surface area (Å²) in [6.07, 6.45) is 3.94. The van der Waals surface area contributed by atoms with Crippen molar-refractivity contribution in [3.63, 3.8) is 0 Å². The van der Waals surface area contributed by atoms with Gasteiger partial charge in [0.2, 0.25) is 0 Å². The minimum absolute atomic E-state index is 0.0844. The highest BCUT2D eigenvalue weighted by Gasteiger charge is 2.54. The van der Waals surface area contributed by atoms with Crippen LogP contribution in [-0.4, -0.2) is 26.6 Å². The molecule has 2 aliphatic rings.